The van der Waals surface area contributed by atoms with Gasteiger partial charge in [0.05, 0.1) is 0 Å². The molecule has 0 spiro atoms. The van der Waals surface area contributed by atoms with Crippen LogP contribution in [0.4, 0.5) is 5.82 Å². The fourth-order valence-electron chi connectivity index (χ4n) is 5.57. The first-order valence-electron chi connectivity index (χ1n) is 12.9. The Balaban J connectivity index is 1.20. The number of carbonyl (C=O) groups is 2. The lowest BCUT2D eigenvalue weighted by Crippen LogP contribution is -2.59. The van der Waals surface area contributed by atoms with Gasteiger partial charge < -0.3 is 16.0 Å². The topological polar surface area (TPSA) is 88.3 Å². The minimum atomic E-state index is -0.374. The molecule has 0 unspecified atom stereocenters. The van der Waals surface area contributed by atoms with Crippen LogP contribution in [-0.2, 0) is 16.1 Å². The number of nitrogens with two attached hydrogens (primary N) is 1. The van der Waals surface area contributed by atoms with Crippen molar-refractivity contribution < 1.29 is 9.59 Å². The van der Waals surface area contributed by atoms with Crippen LogP contribution < -0.4 is 11.1 Å². The largest absolute Gasteiger partial charge is 0.384 e. The SMILES string of the molecule is Cc1nc(N)ccc1CNC(=O)[C@@H]1CCN1C(=O)[C@@H]1CCC[C@H](c2cccc(-c3ccccc3)c2)C1. The van der Waals surface area contributed by atoms with Gasteiger partial charge in [-0.15, -0.1) is 0 Å². The monoisotopic (exact) mass is 482 g/mol. The highest BCUT2D eigenvalue weighted by atomic mass is 16.2. The van der Waals surface area contributed by atoms with Gasteiger partial charge in [-0.05, 0) is 66.8 Å². The van der Waals surface area contributed by atoms with E-state index in [4.69, 9.17) is 5.73 Å². The molecule has 3 N–H and O–H groups in total. The number of likely N-dealkylation sites (tertiary alicyclic amines) is 1. The summed E-state index contributed by atoms with van der Waals surface area (Å²) in [6.45, 7) is 2.93. The number of nitrogens with zero attached hydrogens (tertiary/aromatic N) is 2. The Labute approximate surface area is 212 Å². The van der Waals surface area contributed by atoms with Gasteiger partial charge in [-0.25, -0.2) is 4.98 Å². The molecule has 2 fully saturated rings. The summed E-state index contributed by atoms with van der Waals surface area (Å²) in [6.07, 6.45) is 4.59. The average Bonchev–Trinajstić information content (AvgIpc) is 2.88. The van der Waals surface area contributed by atoms with E-state index in [1.807, 2.05) is 19.1 Å². The third-order valence-corrected chi connectivity index (χ3v) is 7.76. The smallest absolute Gasteiger partial charge is 0.243 e. The highest BCUT2D eigenvalue weighted by Gasteiger charge is 2.41. The number of aromatic nitrogens is 1. The van der Waals surface area contributed by atoms with E-state index in [2.05, 4.69) is 58.8 Å². The van der Waals surface area contributed by atoms with Gasteiger partial charge in [-0.2, -0.15) is 0 Å². The van der Waals surface area contributed by atoms with Crippen molar-refractivity contribution in [3.8, 4) is 11.1 Å². The molecule has 2 amide bonds. The van der Waals surface area contributed by atoms with Crippen molar-refractivity contribution in [2.75, 3.05) is 12.3 Å². The van der Waals surface area contributed by atoms with Crippen LogP contribution >= 0.6 is 0 Å². The molecule has 6 nitrogen and oxygen atoms in total. The molecule has 2 heterocycles. The molecule has 1 saturated carbocycles. The first-order chi connectivity index (χ1) is 17.5. The third-order valence-electron chi connectivity index (χ3n) is 7.76. The predicted molar refractivity (Wildman–Crippen MR) is 142 cm³/mol. The van der Waals surface area contributed by atoms with Crippen molar-refractivity contribution in [3.63, 3.8) is 0 Å². The van der Waals surface area contributed by atoms with Crippen LogP contribution in [0.1, 0.15) is 54.8 Å². The number of hydrogen-bond acceptors (Lipinski definition) is 4. The Morgan fingerprint density at radius 3 is 2.56 bits per heavy atom. The van der Waals surface area contributed by atoms with Crippen molar-refractivity contribution in [2.24, 2.45) is 5.92 Å². The summed E-state index contributed by atoms with van der Waals surface area (Å²) in [5, 5.41) is 2.99. The standard InChI is InChI=1S/C30H34N4O2/c1-20-26(13-14-28(31)33-20)19-32-29(35)27-15-16-34(27)30(36)25-12-6-11-24(18-25)23-10-5-9-22(17-23)21-7-3-2-4-8-21/h2-5,7-10,13-14,17,24-25,27H,6,11-12,15-16,18-19H2,1H3,(H2,31,33)(H,32,35)/t24-,25+,27-/m0/s1. The van der Waals surface area contributed by atoms with E-state index in [1.54, 1.807) is 11.0 Å². The second-order valence-electron chi connectivity index (χ2n) is 10.1. The zero-order valence-corrected chi connectivity index (χ0v) is 20.8. The molecule has 3 aromatic rings. The molecule has 1 saturated heterocycles. The number of nitrogen functional groups attached to an aromatic ring is 1. The Bertz CT molecular complexity index is 1240. The normalized spacial score (nSPS) is 21.5. The maximum atomic E-state index is 13.4. The number of benzene rings is 2. The summed E-state index contributed by atoms with van der Waals surface area (Å²) in [5.41, 5.74) is 11.2. The number of hydrogen-bond donors (Lipinski definition) is 2. The molecular weight excluding hydrogens is 448 g/mol. The van der Waals surface area contributed by atoms with Crippen LogP contribution in [0.15, 0.2) is 66.7 Å². The lowest BCUT2D eigenvalue weighted by atomic mass is 9.76. The predicted octanol–water partition coefficient (Wildman–Crippen LogP) is 4.83. The van der Waals surface area contributed by atoms with Crippen LogP contribution in [-0.4, -0.2) is 34.3 Å². The van der Waals surface area contributed by atoms with E-state index < -0.39 is 0 Å². The molecule has 2 aliphatic rings. The minimum Gasteiger partial charge on any atom is -0.384 e. The highest BCUT2D eigenvalue weighted by molar-refractivity contribution is 5.90. The van der Waals surface area contributed by atoms with Gasteiger partial charge in [-0.1, -0.05) is 67.1 Å². The van der Waals surface area contributed by atoms with Crippen molar-refractivity contribution in [1.29, 1.82) is 0 Å². The van der Waals surface area contributed by atoms with Crippen LogP contribution in [0, 0.1) is 12.8 Å². The van der Waals surface area contributed by atoms with Crippen molar-refractivity contribution in [3.05, 3.63) is 83.6 Å². The third kappa shape index (κ3) is 5.13. The summed E-state index contributed by atoms with van der Waals surface area (Å²) in [6, 6.07) is 22.4. The Morgan fingerprint density at radius 2 is 1.81 bits per heavy atom. The van der Waals surface area contributed by atoms with Gasteiger partial charge in [0.2, 0.25) is 11.8 Å². The van der Waals surface area contributed by atoms with Crippen LogP contribution in [0.5, 0.6) is 0 Å². The molecule has 5 rings (SSSR count). The fraction of sp³-hybridized carbons (Fsp3) is 0.367. The molecule has 2 aromatic carbocycles. The van der Waals surface area contributed by atoms with Gasteiger partial charge >= 0.3 is 0 Å². The molecule has 0 bridgehead atoms. The van der Waals surface area contributed by atoms with Gasteiger partial charge in [0.25, 0.3) is 0 Å². The molecule has 6 heteroatoms. The van der Waals surface area contributed by atoms with Crippen LogP contribution in [0.2, 0.25) is 0 Å². The van der Waals surface area contributed by atoms with Crippen LogP contribution in [0.3, 0.4) is 0 Å². The van der Waals surface area contributed by atoms with E-state index in [0.717, 1.165) is 36.9 Å². The maximum Gasteiger partial charge on any atom is 0.243 e. The van der Waals surface area contributed by atoms with Crippen molar-refractivity contribution >= 4 is 17.6 Å². The Hall–Kier alpha value is -3.67. The van der Waals surface area contributed by atoms with E-state index >= 15 is 0 Å². The molecule has 3 atom stereocenters. The highest BCUT2D eigenvalue weighted by Crippen LogP contribution is 2.39. The Morgan fingerprint density at radius 1 is 1.00 bits per heavy atom. The zero-order valence-electron chi connectivity index (χ0n) is 20.8. The summed E-state index contributed by atoms with van der Waals surface area (Å²) in [4.78, 5) is 32.4. The van der Waals surface area contributed by atoms with Crippen LogP contribution in [0.25, 0.3) is 11.1 Å². The number of amides is 2. The van der Waals surface area contributed by atoms with E-state index in [1.165, 1.54) is 16.7 Å². The summed E-state index contributed by atoms with van der Waals surface area (Å²) >= 11 is 0. The summed E-state index contributed by atoms with van der Waals surface area (Å²) in [7, 11) is 0. The summed E-state index contributed by atoms with van der Waals surface area (Å²) < 4.78 is 0. The molecule has 1 aliphatic heterocycles. The van der Waals surface area contributed by atoms with Crippen molar-refractivity contribution in [1.82, 2.24) is 15.2 Å². The second kappa shape index (κ2) is 10.5. The number of rotatable bonds is 6. The number of anilines is 1. The van der Waals surface area contributed by atoms with Gasteiger partial charge in [0.1, 0.15) is 11.9 Å². The lowest BCUT2D eigenvalue weighted by molar-refractivity contribution is -0.151. The van der Waals surface area contributed by atoms with Gasteiger partial charge in [0.15, 0.2) is 0 Å². The van der Waals surface area contributed by atoms with Gasteiger partial charge in [-0.3, -0.25) is 9.59 Å². The lowest BCUT2D eigenvalue weighted by Gasteiger charge is -2.43. The molecule has 36 heavy (non-hydrogen) atoms. The fourth-order valence-corrected chi connectivity index (χ4v) is 5.57. The molecule has 0 radical (unpaired) electrons. The Kier molecular flexibility index (Phi) is 7.03. The minimum absolute atomic E-state index is 0.0247. The number of aryl methyl sites for hydroxylation is 1. The number of pyridine rings is 1. The molecule has 1 aromatic heterocycles. The first kappa shape index (κ1) is 24.0. The van der Waals surface area contributed by atoms with E-state index in [-0.39, 0.29) is 23.8 Å². The maximum absolute atomic E-state index is 13.4. The first-order valence-corrected chi connectivity index (χ1v) is 12.9. The quantitative estimate of drug-likeness (QED) is 0.527. The number of nitrogens with one attached hydrogen (secondary N) is 1. The average molecular weight is 483 g/mol. The zero-order chi connectivity index (χ0) is 25.1. The van der Waals surface area contributed by atoms with E-state index in [0.29, 0.717) is 31.2 Å². The number of carbonyl (C=O) groups excluding carboxylic acids is 2. The molecule has 186 valence electrons. The van der Waals surface area contributed by atoms with Gasteiger partial charge in [0, 0.05) is 24.7 Å². The molecular formula is C30H34N4O2. The van der Waals surface area contributed by atoms with Crippen molar-refractivity contribution in [2.45, 2.75) is 57.5 Å². The van der Waals surface area contributed by atoms with E-state index in [9.17, 15) is 9.59 Å². The molecule has 1 aliphatic carbocycles. The second-order valence-corrected chi connectivity index (χ2v) is 10.1. The summed E-state index contributed by atoms with van der Waals surface area (Å²) in [5.74, 6) is 0.856.